The Bertz CT molecular complexity index is 464. The van der Waals surface area contributed by atoms with Crippen molar-refractivity contribution in [2.24, 2.45) is 0 Å². The van der Waals surface area contributed by atoms with Crippen molar-refractivity contribution in [1.29, 1.82) is 0 Å². The van der Waals surface area contributed by atoms with E-state index >= 15 is 0 Å². The smallest absolute Gasteiger partial charge is 0.419 e. The minimum atomic E-state index is -5.02. The third-order valence-electron chi connectivity index (χ3n) is 1.73. The molecule has 1 rings (SSSR count). The van der Waals surface area contributed by atoms with E-state index in [1.54, 1.807) is 0 Å². The van der Waals surface area contributed by atoms with Crippen molar-refractivity contribution in [3.8, 4) is 5.75 Å². The van der Waals surface area contributed by atoms with E-state index in [2.05, 4.69) is 11.3 Å². The molecular formula is C10H5F5O2. The average molecular weight is 252 g/mol. The van der Waals surface area contributed by atoms with Gasteiger partial charge < -0.3 is 4.74 Å². The van der Waals surface area contributed by atoms with Gasteiger partial charge in [-0.15, -0.1) is 0 Å². The number of hydrogen-bond donors (Lipinski definition) is 0. The first-order valence-corrected chi connectivity index (χ1v) is 4.16. The summed E-state index contributed by atoms with van der Waals surface area (Å²) in [5.74, 6) is -6.04. The zero-order valence-electron chi connectivity index (χ0n) is 8.15. The van der Waals surface area contributed by atoms with Gasteiger partial charge in [0.1, 0.15) is 0 Å². The van der Waals surface area contributed by atoms with Crippen molar-refractivity contribution in [3.05, 3.63) is 42.0 Å². The van der Waals surface area contributed by atoms with Gasteiger partial charge in [0, 0.05) is 6.08 Å². The van der Waals surface area contributed by atoms with E-state index in [9.17, 15) is 26.7 Å². The van der Waals surface area contributed by atoms with Crippen LogP contribution in [0.1, 0.15) is 5.56 Å². The molecule has 0 N–H and O–H groups in total. The molecular weight excluding hydrogens is 247 g/mol. The first-order valence-electron chi connectivity index (χ1n) is 4.16. The topological polar surface area (TPSA) is 26.3 Å². The van der Waals surface area contributed by atoms with E-state index in [1.807, 2.05) is 0 Å². The van der Waals surface area contributed by atoms with Crippen LogP contribution in [0.5, 0.6) is 5.75 Å². The number of rotatable bonds is 2. The van der Waals surface area contributed by atoms with Gasteiger partial charge in [-0.05, 0) is 12.1 Å². The fraction of sp³-hybridized carbons (Fsp3) is 0.100. The van der Waals surface area contributed by atoms with Crippen LogP contribution in [-0.4, -0.2) is 5.97 Å². The van der Waals surface area contributed by atoms with Crippen molar-refractivity contribution >= 4 is 5.97 Å². The average Bonchev–Trinajstić information content (AvgIpc) is 2.22. The molecule has 0 bridgehead atoms. The van der Waals surface area contributed by atoms with Crippen molar-refractivity contribution in [3.63, 3.8) is 0 Å². The van der Waals surface area contributed by atoms with E-state index in [4.69, 9.17) is 0 Å². The highest BCUT2D eigenvalue weighted by molar-refractivity contribution is 5.83. The molecule has 0 amide bonds. The Morgan fingerprint density at radius 2 is 1.82 bits per heavy atom. The van der Waals surface area contributed by atoms with Crippen LogP contribution in [0.15, 0.2) is 24.8 Å². The third kappa shape index (κ3) is 2.80. The largest absolute Gasteiger partial charge is 0.420 e. The summed E-state index contributed by atoms with van der Waals surface area (Å²) >= 11 is 0. The molecule has 0 saturated heterocycles. The highest BCUT2D eigenvalue weighted by Crippen LogP contribution is 2.34. The lowest BCUT2D eigenvalue weighted by Gasteiger charge is -2.10. The summed E-state index contributed by atoms with van der Waals surface area (Å²) < 4.78 is 66.8. The molecule has 2 nitrogen and oxygen atoms in total. The Kier molecular flexibility index (Phi) is 3.50. The van der Waals surface area contributed by atoms with Gasteiger partial charge in [0.25, 0.3) is 0 Å². The molecule has 0 heterocycles. The Balaban J connectivity index is 3.20. The first kappa shape index (κ1) is 13.1. The van der Waals surface area contributed by atoms with Gasteiger partial charge >= 0.3 is 12.1 Å². The lowest BCUT2D eigenvalue weighted by atomic mass is 10.2. The zero-order chi connectivity index (χ0) is 13.2. The molecule has 0 aliphatic rings. The molecule has 0 spiro atoms. The summed E-state index contributed by atoms with van der Waals surface area (Å²) in [5.41, 5.74) is -1.77. The van der Waals surface area contributed by atoms with Crippen LogP contribution in [0.4, 0.5) is 22.0 Å². The van der Waals surface area contributed by atoms with Gasteiger partial charge in [-0.25, -0.2) is 9.18 Å². The first-order chi connectivity index (χ1) is 7.77. The van der Waals surface area contributed by atoms with Crippen molar-refractivity contribution in [2.75, 3.05) is 0 Å². The summed E-state index contributed by atoms with van der Waals surface area (Å²) in [6, 6.07) is 0.798. The second-order valence-corrected chi connectivity index (χ2v) is 2.86. The number of alkyl halides is 3. The Morgan fingerprint density at radius 1 is 1.24 bits per heavy atom. The van der Waals surface area contributed by atoms with Crippen LogP contribution in [0, 0.1) is 11.6 Å². The Labute approximate surface area is 92.3 Å². The summed E-state index contributed by atoms with van der Waals surface area (Å²) in [6.45, 7) is 2.99. The number of benzene rings is 1. The van der Waals surface area contributed by atoms with Gasteiger partial charge in [-0.1, -0.05) is 6.58 Å². The highest BCUT2D eigenvalue weighted by atomic mass is 19.4. The molecule has 0 radical (unpaired) electrons. The van der Waals surface area contributed by atoms with Crippen LogP contribution in [0.2, 0.25) is 0 Å². The van der Waals surface area contributed by atoms with Crippen LogP contribution >= 0.6 is 0 Å². The fourth-order valence-electron chi connectivity index (χ4n) is 0.980. The maximum Gasteiger partial charge on any atom is 0.419 e. The van der Waals surface area contributed by atoms with Crippen molar-refractivity contribution < 1.29 is 31.5 Å². The molecule has 1 aromatic carbocycles. The lowest BCUT2D eigenvalue weighted by molar-refractivity contribution is -0.140. The van der Waals surface area contributed by atoms with Crippen molar-refractivity contribution in [2.45, 2.75) is 6.18 Å². The molecule has 7 heteroatoms. The highest BCUT2D eigenvalue weighted by Gasteiger charge is 2.36. The van der Waals surface area contributed by atoms with Gasteiger partial charge in [0.15, 0.2) is 11.6 Å². The predicted molar refractivity (Wildman–Crippen MR) is 47.2 cm³/mol. The number of carbonyl (C=O) groups is 1. The number of hydrogen-bond acceptors (Lipinski definition) is 2. The van der Waals surface area contributed by atoms with Crippen LogP contribution < -0.4 is 4.74 Å². The molecule has 0 aliphatic carbocycles. The normalized spacial score (nSPS) is 11.1. The molecule has 0 aromatic heterocycles. The van der Waals surface area contributed by atoms with Crippen molar-refractivity contribution in [1.82, 2.24) is 0 Å². The minimum absolute atomic E-state index is 0.282. The standard InChI is InChI=1S/C10H5F5O2/c1-2-7(16)17-6-4-3-5(10(13,14)15)8(11)9(6)12/h2-4H,1H2. The Morgan fingerprint density at radius 3 is 2.29 bits per heavy atom. The number of carbonyl (C=O) groups excluding carboxylic acids is 1. The second-order valence-electron chi connectivity index (χ2n) is 2.86. The summed E-state index contributed by atoms with van der Waals surface area (Å²) in [7, 11) is 0. The van der Waals surface area contributed by atoms with Crippen LogP contribution in [-0.2, 0) is 11.0 Å². The number of ether oxygens (including phenoxy) is 1. The second kappa shape index (κ2) is 4.52. The van der Waals surface area contributed by atoms with E-state index in [0.29, 0.717) is 12.1 Å². The summed E-state index contributed by atoms with van der Waals surface area (Å²) in [6.07, 6.45) is -4.36. The van der Waals surface area contributed by atoms with Crippen LogP contribution in [0.3, 0.4) is 0 Å². The molecule has 1 aromatic rings. The molecule has 92 valence electrons. The lowest BCUT2D eigenvalue weighted by Crippen LogP contribution is -2.12. The van der Waals surface area contributed by atoms with E-state index < -0.39 is 35.1 Å². The van der Waals surface area contributed by atoms with E-state index in [1.165, 1.54) is 0 Å². The molecule has 0 aliphatic heterocycles. The van der Waals surface area contributed by atoms with Crippen LogP contribution in [0.25, 0.3) is 0 Å². The molecule has 0 unspecified atom stereocenters. The van der Waals surface area contributed by atoms with Gasteiger partial charge in [0.05, 0.1) is 5.56 Å². The molecule has 17 heavy (non-hydrogen) atoms. The van der Waals surface area contributed by atoms with Gasteiger partial charge in [-0.2, -0.15) is 17.6 Å². The molecule has 0 saturated carbocycles. The predicted octanol–water partition coefficient (Wildman–Crippen LogP) is 3.08. The zero-order valence-corrected chi connectivity index (χ0v) is 8.15. The Hall–Kier alpha value is -1.92. The third-order valence-corrected chi connectivity index (χ3v) is 1.73. The summed E-state index contributed by atoms with van der Waals surface area (Å²) in [4.78, 5) is 10.7. The fourth-order valence-corrected chi connectivity index (χ4v) is 0.980. The van der Waals surface area contributed by atoms with E-state index in [0.717, 1.165) is 0 Å². The van der Waals surface area contributed by atoms with E-state index in [-0.39, 0.29) is 6.07 Å². The molecule has 0 atom stereocenters. The SMILES string of the molecule is C=CC(=O)Oc1ccc(C(F)(F)F)c(F)c1F. The number of esters is 1. The maximum absolute atomic E-state index is 13.1. The summed E-state index contributed by atoms with van der Waals surface area (Å²) in [5, 5.41) is 0. The monoisotopic (exact) mass is 252 g/mol. The van der Waals surface area contributed by atoms with Gasteiger partial charge in [-0.3, -0.25) is 0 Å². The maximum atomic E-state index is 13.1. The number of halogens is 5. The van der Waals surface area contributed by atoms with Gasteiger partial charge in [0.2, 0.25) is 5.82 Å². The molecule has 0 fully saturated rings. The minimum Gasteiger partial charge on any atom is -0.420 e. The quantitative estimate of drug-likeness (QED) is 0.350.